The van der Waals surface area contributed by atoms with Crippen LogP contribution in [0.3, 0.4) is 0 Å². The van der Waals surface area contributed by atoms with E-state index in [0.717, 1.165) is 25.2 Å². The molecular weight excluding hydrogens is 178 g/mol. The SMILES string of the molecule is Cc1nccnc1OC1CCCNC1. The lowest BCUT2D eigenvalue weighted by molar-refractivity contribution is 0.158. The lowest BCUT2D eigenvalue weighted by atomic mass is 10.1. The molecule has 0 spiro atoms. The molecule has 1 aliphatic heterocycles. The van der Waals surface area contributed by atoms with Gasteiger partial charge >= 0.3 is 0 Å². The largest absolute Gasteiger partial charge is 0.472 e. The molecule has 0 bridgehead atoms. The van der Waals surface area contributed by atoms with Gasteiger partial charge < -0.3 is 10.1 Å². The summed E-state index contributed by atoms with van der Waals surface area (Å²) in [5.41, 5.74) is 0.859. The molecule has 0 aromatic carbocycles. The van der Waals surface area contributed by atoms with E-state index in [9.17, 15) is 0 Å². The molecule has 1 atom stereocenters. The average Bonchev–Trinajstić information content (AvgIpc) is 2.23. The van der Waals surface area contributed by atoms with Crippen LogP contribution in [0, 0.1) is 6.92 Å². The molecule has 0 amide bonds. The van der Waals surface area contributed by atoms with Gasteiger partial charge in [-0.25, -0.2) is 4.98 Å². The van der Waals surface area contributed by atoms with Crippen molar-refractivity contribution in [2.45, 2.75) is 25.9 Å². The summed E-state index contributed by atoms with van der Waals surface area (Å²) in [6.45, 7) is 3.92. The van der Waals surface area contributed by atoms with Gasteiger partial charge in [-0.15, -0.1) is 0 Å². The van der Waals surface area contributed by atoms with Gasteiger partial charge in [-0.1, -0.05) is 0 Å². The lowest BCUT2D eigenvalue weighted by Gasteiger charge is -2.23. The summed E-state index contributed by atoms with van der Waals surface area (Å²) in [5.74, 6) is 0.668. The van der Waals surface area contributed by atoms with E-state index < -0.39 is 0 Å². The van der Waals surface area contributed by atoms with Crippen molar-refractivity contribution in [2.24, 2.45) is 0 Å². The number of aryl methyl sites for hydroxylation is 1. The third-order valence-corrected chi connectivity index (χ3v) is 2.37. The zero-order valence-electron chi connectivity index (χ0n) is 8.36. The Morgan fingerprint density at radius 2 is 2.29 bits per heavy atom. The van der Waals surface area contributed by atoms with Crippen LogP contribution in [0.15, 0.2) is 12.4 Å². The van der Waals surface area contributed by atoms with Gasteiger partial charge in [-0.3, -0.25) is 4.98 Å². The number of piperidine rings is 1. The molecule has 1 aromatic rings. The van der Waals surface area contributed by atoms with Gasteiger partial charge in [0.05, 0.1) is 5.69 Å². The number of hydrogen-bond acceptors (Lipinski definition) is 4. The van der Waals surface area contributed by atoms with Crippen molar-refractivity contribution in [3.8, 4) is 5.88 Å². The zero-order valence-corrected chi connectivity index (χ0v) is 8.36. The minimum absolute atomic E-state index is 0.249. The van der Waals surface area contributed by atoms with Gasteiger partial charge in [0.25, 0.3) is 0 Å². The second kappa shape index (κ2) is 4.37. The molecule has 76 valence electrons. The fraction of sp³-hybridized carbons (Fsp3) is 0.600. The third kappa shape index (κ3) is 2.20. The van der Waals surface area contributed by atoms with Crippen molar-refractivity contribution in [1.82, 2.24) is 15.3 Å². The number of rotatable bonds is 2. The highest BCUT2D eigenvalue weighted by atomic mass is 16.5. The number of nitrogens with zero attached hydrogens (tertiary/aromatic N) is 2. The summed E-state index contributed by atoms with van der Waals surface area (Å²) >= 11 is 0. The Morgan fingerprint density at radius 3 is 3.00 bits per heavy atom. The van der Waals surface area contributed by atoms with Crippen molar-refractivity contribution in [1.29, 1.82) is 0 Å². The topological polar surface area (TPSA) is 47.0 Å². The van der Waals surface area contributed by atoms with E-state index >= 15 is 0 Å². The molecule has 0 radical (unpaired) electrons. The molecule has 1 aliphatic rings. The molecule has 4 nitrogen and oxygen atoms in total. The van der Waals surface area contributed by atoms with Crippen LogP contribution in [-0.2, 0) is 0 Å². The fourth-order valence-electron chi connectivity index (χ4n) is 1.59. The van der Waals surface area contributed by atoms with Crippen LogP contribution in [0.25, 0.3) is 0 Å². The van der Waals surface area contributed by atoms with Gasteiger partial charge in [0.2, 0.25) is 5.88 Å². The van der Waals surface area contributed by atoms with Crippen LogP contribution in [0.4, 0.5) is 0 Å². The van der Waals surface area contributed by atoms with Crippen molar-refractivity contribution in [3.63, 3.8) is 0 Å². The molecule has 14 heavy (non-hydrogen) atoms. The summed E-state index contributed by atoms with van der Waals surface area (Å²) in [4.78, 5) is 8.30. The standard InChI is InChI=1S/C10H15N3O/c1-8-10(13-6-5-12-8)14-9-3-2-4-11-7-9/h5-6,9,11H,2-4,7H2,1H3. The van der Waals surface area contributed by atoms with Gasteiger partial charge in [0.1, 0.15) is 6.10 Å². The summed E-state index contributed by atoms with van der Waals surface area (Å²) in [7, 11) is 0. The first kappa shape index (κ1) is 9.40. The molecule has 2 rings (SSSR count). The van der Waals surface area contributed by atoms with Crippen molar-refractivity contribution in [2.75, 3.05) is 13.1 Å². The normalized spacial score (nSPS) is 21.9. The number of nitrogens with one attached hydrogen (secondary N) is 1. The smallest absolute Gasteiger partial charge is 0.235 e. The van der Waals surface area contributed by atoms with E-state index in [1.165, 1.54) is 6.42 Å². The van der Waals surface area contributed by atoms with E-state index in [0.29, 0.717) is 5.88 Å². The van der Waals surface area contributed by atoms with Crippen LogP contribution in [0.5, 0.6) is 5.88 Å². The minimum atomic E-state index is 0.249. The predicted molar refractivity (Wildman–Crippen MR) is 53.3 cm³/mol. The summed E-state index contributed by atoms with van der Waals surface area (Å²) < 4.78 is 5.75. The van der Waals surface area contributed by atoms with Crippen LogP contribution in [0.2, 0.25) is 0 Å². The van der Waals surface area contributed by atoms with E-state index in [-0.39, 0.29) is 6.10 Å². The maximum Gasteiger partial charge on any atom is 0.235 e. The van der Waals surface area contributed by atoms with E-state index in [2.05, 4.69) is 15.3 Å². The molecule has 2 heterocycles. The molecule has 4 heteroatoms. The van der Waals surface area contributed by atoms with E-state index in [1.807, 2.05) is 6.92 Å². The molecule has 1 unspecified atom stereocenters. The molecule has 0 aliphatic carbocycles. The Kier molecular flexibility index (Phi) is 2.93. The first-order valence-corrected chi connectivity index (χ1v) is 5.01. The van der Waals surface area contributed by atoms with Crippen LogP contribution >= 0.6 is 0 Å². The summed E-state index contributed by atoms with van der Waals surface area (Å²) in [5, 5.41) is 3.30. The van der Waals surface area contributed by atoms with Crippen LogP contribution in [-0.4, -0.2) is 29.2 Å². The van der Waals surface area contributed by atoms with Crippen LogP contribution in [0.1, 0.15) is 18.5 Å². The summed E-state index contributed by atoms with van der Waals surface area (Å²) in [6.07, 6.45) is 5.87. The highest BCUT2D eigenvalue weighted by Gasteiger charge is 2.15. The van der Waals surface area contributed by atoms with Gasteiger partial charge in [0, 0.05) is 18.9 Å². The maximum absolute atomic E-state index is 5.75. The van der Waals surface area contributed by atoms with Gasteiger partial charge in [-0.05, 0) is 26.3 Å². The third-order valence-electron chi connectivity index (χ3n) is 2.37. The monoisotopic (exact) mass is 193 g/mol. The first-order chi connectivity index (χ1) is 6.86. The highest BCUT2D eigenvalue weighted by molar-refractivity contribution is 5.15. The Balaban J connectivity index is 1.99. The Hall–Kier alpha value is -1.16. The second-order valence-corrected chi connectivity index (χ2v) is 3.53. The fourth-order valence-corrected chi connectivity index (χ4v) is 1.59. The average molecular weight is 193 g/mol. The highest BCUT2D eigenvalue weighted by Crippen LogP contribution is 2.14. The molecule has 1 fully saturated rings. The van der Waals surface area contributed by atoms with Crippen molar-refractivity contribution in [3.05, 3.63) is 18.1 Å². The molecule has 0 saturated carbocycles. The number of hydrogen-bond donors (Lipinski definition) is 1. The summed E-state index contributed by atoms with van der Waals surface area (Å²) in [6, 6.07) is 0. The van der Waals surface area contributed by atoms with Crippen LogP contribution < -0.4 is 10.1 Å². The predicted octanol–water partition coefficient (Wildman–Crippen LogP) is 0.916. The number of ether oxygens (including phenoxy) is 1. The Morgan fingerprint density at radius 1 is 1.43 bits per heavy atom. The molecule has 1 N–H and O–H groups in total. The molecular formula is C10H15N3O. The zero-order chi connectivity index (χ0) is 9.80. The van der Waals surface area contributed by atoms with Crippen molar-refractivity contribution >= 4 is 0 Å². The maximum atomic E-state index is 5.75. The number of aromatic nitrogens is 2. The van der Waals surface area contributed by atoms with Gasteiger partial charge in [-0.2, -0.15) is 0 Å². The second-order valence-electron chi connectivity index (χ2n) is 3.53. The quantitative estimate of drug-likeness (QED) is 0.758. The Bertz CT molecular complexity index is 297. The lowest BCUT2D eigenvalue weighted by Crippen LogP contribution is -2.37. The minimum Gasteiger partial charge on any atom is -0.472 e. The Labute approximate surface area is 83.7 Å². The first-order valence-electron chi connectivity index (χ1n) is 5.01. The van der Waals surface area contributed by atoms with Crippen molar-refractivity contribution < 1.29 is 4.74 Å². The molecule has 1 saturated heterocycles. The van der Waals surface area contributed by atoms with E-state index in [4.69, 9.17) is 4.74 Å². The van der Waals surface area contributed by atoms with E-state index in [1.54, 1.807) is 12.4 Å². The van der Waals surface area contributed by atoms with Gasteiger partial charge in [0.15, 0.2) is 0 Å². The molecule has 1 aromatic heterocycles.